The molecule has 0 atom stereocenters. The number of halogens is 1. The van der Waals surface area contributed by atoms with Crippen LogP contribution in [0.3, 0.4) is 0 Å². The normalized spacial score (nSPS) is 15.5. The number of phenolic OH excluding ortho intramolecular Hbond substituents is 1. The van der Waals surface area contributed by atoms with Crippen LogP contribution < -0.4 is 0 Å². The van der Waals surface area contributed by atoms with E-state index in [2.05, 4.69) is 0 Å². The fourth-order valence-electron chi connectivity index (χ4n) is 2.08. The van der Waals surface area contributed by atoms with E-state index in [9.17, 15) is 14.7 Å². The van der Waals surface area contributed by atoms with Crippen LogP contribution in [0.2, 0.25) is 5.02 Å². The van der Waals surface area contributed by atoms with Crippen molar-refractivity contribution in [2.75, 3.05) is 26.2 Å². The minimum absolute atomic E-state index is 0.0152. The lowest BCUT2D eigenvalue weighted by atomic mass is 10.1. The molecular weight excluding hydrogens is 268 g/mol. The van der Waals surface area contributed by atoms with Crippen molar-refractivity contribution < 1.29 is 14.7 Å². The number of rotatable bonds is 1. The van der Waals surface area contributed by atoms with Crippen LogP contribution in [-0.4, -0.2) is 52.9 Å². The van der Waals surface area contributed by atoms with Gasteiger partial charge >= 0.3 is 0 Å². The molecule has 19 heavy (non-hydrogen) atoms. The number of benzene rings is 1. The minimum Gasteiger partial charge on any atom is -0.507 e. The van der Waals surface area contributed by atoms with Crippen LogP contribution in [0.5, 0.6) is 5.75 Å². The minimum atomic E-state index is -0.239. The van der Waals surface area contributed by atoms with Crippen LogP contribution in [0, 0.1) is 0 Å². The second kappa shape index (κ2) is 5.48. The molecule has 1 aliphatic rings. The highest BCUT2D eigenvalue weighted by Gasteiger charge is 2.24. The van der Waals surface area contributed by atoms with Gasteiger partial charge < -0.3 is 14.9 Å². The molecule has 0 saturated carbocycles. The summed E-state index contributed by atoms with van der Waals surface area (Å²) in [5, 5.41) is 10.1. The Bertz CT molecular complexity index is 511. The molecule has 2 rings (SSSR count). The number of nitrogens with zero attached hydrogens (tertiary/aromatic N) is 2. The molecule has 1 aromatic carbocycles. The van der Waals surface area contributed by atoms with Gasteiger partial charge in [0.05, 0.1) is 5.56 Å². The number of aromatic hydroxyl groups is 1. The number of amides is 2. The first-order valence-electron chi connectivity index (χ1n) is 6.02. The second-order valence-electron chi connectivity index (χ2n) is 4.46. The van der Waals surface area contributed by atoms with Gasteiger partial charge in [0, 0.05) is 38.1 Å². The highest BCUT2D eigenvalue weighted by atomic mass is 35.5. The molecule has 0 unspecified atom stereocenters. The number of phenols is 1. The maximum Gasteiger partial charge on any atom is 0.257 e. The molecule has 1 fully saturated rings. The standard InChI is InChI=1S/C13H15ClN2O3/c1-9(17)15-4-6-16(7-5-15)13(19)11-3-2-10(14)8-12(11)18/h2-3,8,18H,4-7H2,1H3. The van der Waals surface area contributed by atoms with E-state index in [4.69, 9.17) is 11.6 Å². The molecule has 5 nitrogen and oxygen atoms in total. The summed E-state index contributed by atoms with van der Waals surface area (Å²) >= 11 is 5.73. The van der Waals surface area contributed by atoms with Crippen LogP contribution >= 0.6 is 11.6 Å². The Morgan fingerprint density at radius 2 is 1.74 bits per heavy atom. The maximum absolute atomic E-state index is 12.2. The zero-order valence-corrected chi connectivity index (χ0v) is 11.4. The number of carbonyl (C=O) groups excluding carboxylic acids is 2. The van der Waals surface area contributed by atoms with Gasteiger partial charge in [-0.1, -0.05) is 11.6 Å². The van der Waals surface area contributed by atoms with Crippen LogP contribution in [0.4, 0.5) is 0 Å². The molecule has 0 bridgehead atoms. The van der Waals surface area contributed by atoms with Gasteiger partial charge in [0.25, 0.3) is 5.91 Å². The Labute approximate surface area is 116 Å². The van der Waals surface area contributed by atoms with Crippen LogP contribution in [-0.2, 0) is 4.79 Å². The molecule has 1 N–H and O–H groups in total. The van der Waals surface area contributed by atoms with Gasteiger partial charge in [-0.05, 0) is 18.2 Å². The van der Waals surface area contributed by atoms with E-state index in [1.165, 1.54) is 19.1 Å². The third-order valence-electron chi connectivity index (χ3n) is 3.20. The van der Waals surface area contributed by atoms with Crippen LogP contribution in [0.25, 0.3) is 0 Å². The molecule has 102 valence electrons. The first-order valence-corrected chi connectivity index (χ1v) is 6.40. The molecular formula is C13H15ClN2O3. The van der Waals surface area contributed by atoms with Gasteiger partial charge in [-0.15, -0.1) is 0 Å². The number of carbonyl (C=O) groups is 2. The summed E-state index contributed by atoms with van der Waals surface area (Å²) in [6.45, 7) is 3.51. The van der Waals surface area contributed by atoms with E-state index in [1.54, 1.807) is 15.9 Å². The average molecular weight is 283 g/mol. The monoisotopic (exact) mass is 282 g/mol. The lowest BCUT2D eigenvalue weighted by Gasteiger charge is -2.34. The molecule has 0 aromatic heterocycles. The van der Waals surface area contributed by atoms with Crippen molar-refractivity contribution in [3.05, 3.63) is 28.8 Å². The molecule has 1 aromatic rings. The number of piperazine rings is 1. The van der Waals surface area contributed by atoms with Crippen molar-refractivity contribution in [3.8, 4) is 5.75 Å². The molecule has 0 radical (unpaired) electrons. The Balaban J connectivity index is 2.07. The summed E-state index contributed by atoms with van der Waals surface area (Å²) in [5.74, 6) is -0.342. The zero-order chi connectivity index (χ0) is 14.0. The predicted molar refractivity (Wildman–Crippen MR) is 71.3 cm³/mol. The Hall–Kier alpha value is -1.75. The predicted octanol–water partition coefficient (Wildman–Crippen LogP) is 1.35. The summed E-state index contributed by atoms with van der Waals surface area (Å²) < 4.78 is 0. The Kier molecular flexibility index (Phi) is 3.95. The van der Waals surface area contributed by atoms with Crippen molar-refractivity contribution in [2.45, 2.75) is 6.92 Å². The largest absolute Gasteiger partial charge is 0.507 e. The van der Waals surface area contributed by atoms with Gasteiger partial charge in [0.15, 0.2) is 0 Å². The quantitative estimate of drug-likeness (QED) is 0.846. The number of hydrogen-bond acceptors (Lipinski definition) is 3. The first kappa shape index (κ1) is 13.7. The van der Waals surface area contributed by atoms with E-state index in [0.717, 1.165) is 0 Å². The Morgan fingerprint density at radius 1 is 1.16 bits per heavy atom. The van der Waals surface area contributed by atoms with Crippen molar-refractivity contribution in [3.63, 3.8) is 0 Å². The van der Waals surface area contributed by atoms with Crippen LogP contribution in [0.1, 0.15) is 17.3 Å². The van der Waals surface area contributed by atoms with Gasteiger partial charge in [-0.25, -0.2) is 0 Å². The van der Waals surface area contributed by atoms with E-state index >= 15 is 0 Å². The molecule has 2 amide bonds. The van der Waals surface area contributed by atoms with Gasteiger partial charge in [-0.3, -0.25) is 9.59 Å². The third kappa shape index (κ3) is 2.98. The highest BCUT2D eigenvalue weighted by Crippen LogP contribution is 2.23. The van der Waals surface area contributed by atoms with Crippen molar-refractivity contribution in [1.82, 2.24) is 9.80 Å². The number of hydrogen-bond donors (Lipinski definition) is 1. The molecule has 1 saturated heterocycles. The van der Waals surface area contributed by atoms with E-state index in [-0.39, 0.29) is 23.1 Å². The fraction of sp³-hybridized carbons (Fsp3) is 0.385. The SMILES string of the molecule is CC(=O)N1CCN(C(=O)c2ccc(Cl)cc2O)CC1. The van der Waals surface area contributed by atoms with E-state index < -0.39 is 0 Å². The molecule has 0 spiro atoms. The summed E-state index contributed by atoms with van der Waals surface area (Å²) in [5.41, 5.74) is 0.237. The molecule has 0 aliphatic carbocycles. The zero-order valence-electron chi connectivity index (χ0n) is 10.6. The fourth-order valence-corrected chi connectivity index (χ4v) is 2.25. The van der Waals surface area contributed by atoms with Crippen molar-refractivity contribution >= 4 is 23.4 Å². The van der Waals surface area contributed by atoms with E-state index in [1.807, 2.05) is 0 Å². The van der Waals surface area contributed by atoms with Gasteiger partial charge in [0.1, 0.15) is 5.75 Å². The lowest BCUT2D eigenvalue weighted by Crippen LogP contribution is -2.50. The summed E-state index contributed by atoms with van der Waals surface area (Å²) in [6.07, 6.45) is 0. The van der Waals surface area contributed by atoms with Crippen LogP contribution in [0.15, 0.2) is 18.2 Å². The molecule has 6 heteroatoms. The Morgan fingerprint density at radius 3 is 2.26 bits per heavy atom. The van der Waals surface area contributed by atoms with Gasteiger partial charge in [0.2, 0.25) is 5.91 Å². The smallest absolute Gasteiger partial charge is 0.257 e. The summed E-state index contributed by atoms with van der Waals surface area (Å²) in [4.78, 5) is 26.8. The third-order valence-corrected chi connectivity index (χ3v) is 3.44. The average Bonchev–Trinajstić information content (AvgIpc) is 2.38. The second-order valence-corrected chi connectivity index (χ2v) is 4.90. The summed E-state index contributed by atoms with van der Waals surface area (Å²) in [7, 11) is 0. The maximum atomic E-state index is 12.2. The molecule has 1 aliphatic heterocycles. The topological polar surface area (TPSA) is 60.9 Å². The lowest BCUT2D eigenvalue weighted by molar-refractivity contribution is -0.130. The highest BCUT2D eigenvalue weighted by molar-refractivity contribution is 6.30. The van der Waals surface area contributed by atoms with Gasteiger partial charge in [-0.2, -0.15) is 0 Å². The van der Waals surface area contributed by atoms with E-state index in [0.29, 0.717) is 31.2 Å². The molecule has 1 heterocycles. The van der Waals surface area contributed by atoms with Crippen molar-refractivity contribution in [1.29, 1.82) is 0 Å². The summed E-state index contributed by atoms with van der Waals surface area (Å²) in [6, 6.07) is 4.43. The first-order chi connectivity index (χ1) is 8.99. The van der Waals surface area contributed by atoms with Crippen molar-refractivity contribution in [2.24, 2.45) is 0 Å².